The summed E-state index contributed by atoms with van der Waals surface area (Å²) in [5, 5.41) is 3.22. The van der Waals surface area contributed by atoms with Gasteiger partial charge in [-0.3, -0.25) is 9.80 Å². The maximum atomic E-state index is 13.1. The van der Waals surface area contributed by atoms with Crippen LogP contribution in [0.3, 0.4) is 0 Å². The molecule has 0 saturated carbocycles. The first-order chi connectivity index (χ1) is 14.1. The summed E-state index contributed by atoms with van der Waals surface area (Å²) < 4.78 is 6.41. The quantitative estimate of drug-likeness (QED) is 0.845. The van der Waals surface area contributed by atoms with Crippen molar-refractivity contribution < 1.29 is 9.53 Å². The molecule has 1 N–H and O–H groups in total. The lowest BCUT2D eigenvalue weighted by Gasteiger charge is -2.52. The van der Waals surface area contributed by atoms with E-state index in [2.05, 4.69) is 53.5 Å². The number of para-hydroxylation sites is 1. The molecule has 0 aliphatic carbocycles. The Hall–Kier alpha value is -2.53. The fraction of sp³-hybridized carbons (Fsp3) is 0.458. The van der Waals surface area contributed by atoms with Gasteiger partial charge in [-0.25, -0.2) is 4.79 Å². The van der Waals surface area contributed by atoms with Crippen molar-refractivity contribution in [2.24, 2.45) is 0 Å². The third-order valence-electron chi connectivity index (χ3n) is 6.69. The number of rotatable bonds is 4. The molecule has 5 heteroatoms. The number of benzene rings is 2. The summed E-state index contributed by atoms with van der Waals surface area (Å²) in [4.78, 5) is 17.6. The van der Waals surface area contributed by atoms with Crippen molar-refractivity contribution in [2.75, 3.05) is 13.1 Å². The Bertz CT molecular complexity index is 887. The Morgan fingerprint density at radius 2 is 1.90 bits per heavy atom. The maximum Gasteiger partial charge on any atom is 0.321 e. The van der Waals surface area contributed by atoms with Gasteiger partial charge in [0.1, 0.15) is 5.75 Å². The average Bonchev–Trinajstić information content (AvgIpc) is 2.73. The molecule has 29 heavy (non-hydrogen) atoms. The van der Waals surface area contributed by atoms with Crippen LogP contribution in [-0.4, -0.2) is 40.7 Å². The van der Waals surface area contributed by atoms with Gasteiger partial charge in [-0.15, -0.1) is 0 Å². The van der Waals surface area contributed by atoms with Crippen molar-refractivity contribution in [3.05, 3.63) is 65.7 Å². The molecule has 2 aromatic carbocycles. The number of hydrogen-bond acceptors (Lipinski definition) is 3. The van der Waals surface area contributed by atoms with Crippen LogP contribution in [0.15, 0.2) is 54.6 Å². The van der Waals surface area contributed by atoms with Gasteiger partial charge in [0, 0.05) is 31.1 Å². The van der Waals surface area contributed by atoms with Gasteiger partial charge in [0.2, 0.25) is 0 Å². The molecular weight excluding hydrogens is 362 g/mol. The van der Waals surface area contributed by atoms with Crippen LogP contribution in [0.2, 0.25) is 0 Å². The topological polar surface area (TPSA) is 44.8 Å². The Balaban J connectivity index is 1.37. The van der Waals surface area contributed by atoms with Crippen molar-refractivity contribution in [1.29, 1.82) is 0 Å². The van der Waals surface area contributed by atoms with Crippen molar-refractivity contribution in [3.8, 4) is 5.75 Å². The second-order valence-electron chi connectivity index (χ2n) is 8.74. The molecule has 2 aromatic rings. The van der Waals surface area contributed by atoms with Crippen LogP contribution in [0.5, 0.6) is 5.75 Å². The first-order valence-electron chi connectivity index (χ1n) is 10.8. The van der Waals surface area contributed by atoms with Crippen LogP contribution >= 0.6 is 0 Å². The molecule has 3 heterocycles. The predicted molar refractivity (Wildman–Crippen MR) is 113 cm³/mol. The summed E-state index contributed by atoms with van der Waals surface area (Å²) in [7, 11) is 0. The van der Waals surface area contributed by atoms with Gasteiger partial charge in [0.05, 0.1) is 6.04 Å². The van der Waals surface area contributed by atoms with E-state index in [4.69, 9.17) is 4.74 Å². The fourth-order valence-electron chi connectivity index (χ4n) is 5.14. The number of carbonyl (C=O) groups excluding carboxylic acids is 1. The van der Waals surface area contributed by atoms with E-state index in [1.807, 2.05) is 23.1 Å². The summed E-state index contributed by atoms with van der Waals surface area (Å²) in [6.45, 7) is 4.78. The molecule has 152 valence electrons. The first kappa shape index (κ1) is 18.5. The maximum absolute atomic E-state index is 13.1. The molecule has 0 radical (unpaired) electrons. The SMILES string of the molecule is CC12CC(NC(=O)N1CC1CCCCN1Cc1ccccc1)c1ccccc1O2. The molecule has 2 fully saturated rings. The van der Waals surface area contributed by atoms with E-state index in [-0.39, 0.29) is 12.1 Å². The molecule has 2 bridgehead atoms. The molecule has 3 aliphatic rings. The highest BCUT2D eigenvalue weighted by Crippen LogP contribution is 2.44. The van der Waals surface area contributed by atoms with E-state index in [9.17, 15) is 4.79 Å². The summed E-state index contributed by atoms with van der Waals surface area (Å²) in [5.41, 5.74) is 1.81. The third kappa shape index (κ3) is 3.48. The monoisotopic (exact) mass is 391 g/mol. The molecule has 5 rings (SSSR count). The van der Waals surface area contributed by atoms with Crippen LogP contribution in [0.1, 0.15) is 49.8 Å². The Kier molecular flexibility index (Phi) is 4.70. The van der Waals surface area contributed by atoms with E-state index in [0.717, 1.165) is 37.2 Å². The summed E-state index contributed by atoms with van der Waals surface area (Å²) >= 11 is 0. The minimum Gasteiger partial charge on any atom is -0.468 e. The highest BCUT2D eigenvalue weighted by molar-refractivity contribution is 5.77. The van der Waals surface area contributed by atoms with Crippen LogP contribution in [0, 0.1) is 0 Å². The molecule has 3 aliphatic heterocycles. The Labute approximate surface area is 172 Å². The van der Waals surface area contributed by atoms with Gasteiger partial charge >= 0.3 is 6.03 Å². The van der Waals surface area contributed by atoms with E-state index in [0.29, 0.717) is 12.6 Å². The molecule has 2 saturated heterocycles. The van der Waals surface area contributed by atoms with Crippen molar-refractivity contribution in [3.63, 3.8) is 0 Å². The average molecular weight is 392 g/mol. The van der Waals surface area contributed by atoms with Gasteiger partial charge < -0.3 is 10.1 Å². The normalized spacial score (nSPS) is 29.0. The zero-order chi connectivity index (χ0) is 19.8. The molecular formula is C24H29N3O2. The number of urea groups is 1. The van der Waals surface area contributed by atoms with Crippen molar-refractivity contribution in [2.45, 2.75) is 57.0 Å². The zero-order valence-corrected chi connectivity index (χ0v) is 17.0. The zero-order valence-electron chi connectivity index (χ0n) is 17.0. The molecule has 0 aromatic heterocycles. The summed E-state index contributed by atoms with van der Waals surface area (Å²) in [6.07, 6.45) is 4.33. The lowest BCUT2D eigenvalue weighted by molar-refractivity contribution is -0.0939. The van der Waals surface area contributed by atoms with E-state index in [1.165, 1.54) is 18.4 Å². The Morgan fingerprint density at radius 1 is 1.10 bits per heavy atom. The van der Waals surface area contributed by atoms with Crippen molar-refractivity contribution >= 4 is 6.03 Å². The van der Waals surface area contributed by atoms with E-state index in [1.54, 1.807) is 0 Å². The predicted octanol–water partition coefficient (Wildman–Crippen LogP) is 4.31. The number of nitrogens with one attached hydrogen (secondary N) is 1. The molecule has 3 unspecified atom stereocenters. The van der Waals surface area contributed by atoms with Crippen molar-refractivity contribution in [1.82, 2.24) is 15.1 Å². The van der Waals surface area contributed by atoms with Gasteiger partial charge in [-0.2, -0.15) is 0 Å². The molecule has 5 nitrogen and oxygen atoms in total. The van der Waals surface area contributed by atoms with Crippen LogP contribution in [0.4, 0.5) is 4.79 Å². The fourth-order valence-corrected chi connectivity index (χ4v) is 5.14. The second-order valence-corrected chi connectivity index (χ2v) is 8.74. The minimum absolute atomic E-state index is 0.0107. The number of piperidine rings is 1. The lowest BCUT2D eigenvalue weighted by Crippen LogP contribution is -2.66. The van der Waals surface area contributed by atoms with Crippen LogP contribution < -0.4 is 10.1 Å². The smallest absolute Gasteiger partial charge is 0.321 e. The van der Waals surface area contributed by atoms with Gasteiger partial charge in [0.15, 0.2) is 5.72 Å². The number of fused-ring (bicyclic) bond motifs is 4. The van der Waals surface area contributed by atoms with E-state index >= 15 is 0 Å². The molecule has 3 atom stereocenters. The summed E-state index contributed by atoms with van der Waals surface area (Å²) in [6, 6.07) is 19.1. The largest absolute Gasteiger partial charge is 0.468 e. The molecule has 2 amide bonds. The van der Waals surface area contributed by atoms with Crippen LogP contribution in [0.25, 0.3) is 0 Å². The second kappa shape index (κ2) is 7.38. The lowest BCUT2D eigenvalue weighted by atomic mass is 9.89. The standard InChI is InChI=1S/C24H29N3O2/c1-24-15-21(20-12-5-6-13-22(20)29-24)25-23(28)27(24)17-19-11-7-8-14-26(19)16-18-9-3-2-4-10-18/h2-6,9-10,12-13,19,21H,7-8,11,14-17H2,1H3,(H,25,28). The van der Waals surface area contributed by atoms with Crippen LogP contribution in [-0.2, 0) is 6.54 Å². The van der Waals surface area contributed by atoms with Gasteiger partial charge in [-0.1, -0.05) is 55.0 Å². The first-order valence-corrected chi connectivity index (χ1v) is 10.8. The number of nitrogens with zero attached hydrogens (tertiary/aromatic N) is 2. The number of hydrogen-bond donors (Lipinski definition) is 1. The van der Waals surface area contributed by atoms with Gasteiger partial charge in [-0.05, 0) is 37.9 Å². The number of amides is 2. The van der Waals surface area contributed by atoms with Gasteiger partial charge in [0.25, 0.3) is 0 Å². The number of ether oxygens (including phenoxy) is 1. The third-order valence-corrected chi connectivity index (χ3v) is 6.69. The molecule has 0 spiro atoms. The summed E-state index contributed by atoms with van der Waals surface area (Å²) in [5.74, 6) is 0.890. The highest BCUT2D eigenvalue weighted by atomic mass is 16.5. The number of carbonyl (C=O) groups is 1. The minimum atomic E-state index is -0.600. The number of likely N-dealkylation sites (tertiary alicyclic amines) is 1. The van der Waals surface area contributed by atoms with E-state index < -0.39 is 5.72 Å². The Morgan fingerprint density at radius 3 is 2.76 bits per heavy atom. The highest BCUT2D eigenvalue weighted by Gasteiger charge is 2.49.